The lowest BCUT2D eigenvalue weighted by Crippen LogP contribution is -2.54. The zero-order valence-corrected chi connectivity index (χ0v) is 20.2. The van der Waals surface area contributed by atoms with Crippen molar-refractivity contribution < 1.29 is 35.9 Å². The number of nitrogens with one attached hydrogen (secondary N) is 2. The monoisotopic (exact) mass is 536 g/mol. The van der Waals surface area contributed by atoms with E-state index in [-0.39, 0.29) is 54.9 Å². The van der Waals surface area contributed by atoms with Gasteiger partial charge in [-0.3, -0.25) is 4.79 Å². The van der Waals surface area contributed by atoms with Crippen LogP contribution in [0.3, 0.4) is 0 Å². The number of benzene rings is 2. The van der Waals surface area contributed by atoms with Crippen LogP contribution in [0.2, 0.25) is 0 Å². The van der Waals surface area contributed by atoms with Crippen molar-refractivity contribution in [1.82, 2.24) is 10.6 Å². The van der Waals surface area contributed by atoms with Crippen LogP contribution in [0.25, 0.3) is 0 Å². The number of rotatable bonds is 6. The highest BCUT2D eigenvalue weighted by molar-refractivity contribution is 5.85. The van der Waals surface area contributed by atoms with E-state index in [1.807, 2.05) is 30.3 Å². The van der Waals surface area contributed by atoms with Crippen molar-refractivity contribution in [3.63, 3.8) is 0 Å². The Morgan fingerprint density at radius 3 is 2.19 bits per heavy atom. The Labute approximate surface area is 211 Å². The van der Waals surface area contributed by atoms with Crippen molar-refractivity contribution in [2.24, 2.45) is 5.92 Å². The van der Waals surface area contributed by atoms with Crippen LogP contribution in [-0.4, -0.2) is 31.7 Å². The smallest absolute Gasteiger partial charge is 0.376 e. The van der Waals surface area contributed by atoms with Crippen LogP contribution in [-0.2, 0) is 33.8 Å². The second-order valence-corrected chi connectivity index (χ2v) is 9.11. The van der Waals surface area contributed by atoms with Crippen molar-refractivity contribution >= 4 is 18.3 Å². The maximum atomic E-state index is 13.2. The second kappa shape index (κ2) is 10.6. The van der Waals surface area contributed by atoms with E-state index in [9.17, 15) is 31.1 Å². The molecular formula is C25H27ClF6N2O2. The largest absolute Gasteiger partial charge is 0.416 e. The normalized spacial score (nSPS) is 25.8. The van der Waals surface area contributed by atoms with Crippen LogP contribution in [0, 0.1) is 5.92 Å². The molecule has 36 heavy (non-hydrogen) atoms. The summed E-state index contributed by atoms with van der Waals surface area (Å²) in [6.07, 6.45) is -8.55. The molecule has 2 aliphatic heterocycles. The van der Waals surface area contributed by atoms with Gasteiger partial charge >= 0.3 is 12.4 Å². The Bertz CT molecular complexity index is 1030. The topological polar surface area (TPSA) is 50.4 Å². The molecule has 2 heterocycles. The number of amides is 1. The van der Waals surface area contributed by atoms with E-state index in [1.54, 1.807) is 7.05 Å². The molecule has 11 heteroatoms. The summed E-state index contributed by atoms with van der Waals surface area (Å²) >= 11 is 0. The van der Waals surface area contributed by atoms with Gasteiger partial charge in [0.15, 0.2) is 0 Å². The molecule has 0 radical (unpaired) electrons. The molecular weight excluding hydrogens is 510 g/mol. The summed E-state index contributed by atoms with van der Waals surface area (Å²) in [7, 11) is 1.58. The molecule has 4 atom stereocenters. The van der Waals surface area contributed by atoms with Crippen molar-refractivity contribution in [2.45, 2.75) is 55.7 Å². The maximum Gasteiger partial charge on any atom is 0.416 e. The Hall–Kier alpha value is -2.30. The number of alkyl halides is 6. The highest BCUT2D eigenvalue weighted by atomic mass is 35.5. The fraction of sp³-hybridized carbons (Fsp3) is 0.480. The van der Waals surface area contributed by atoms with Gasteiger partial charge in [-0.2, -0.15) is 26.3 Å². The van der Waals surface area contributed by atoms with Gasteiger partial charge in [0.2, 0.25) is 5.91 Å². The lowest BCUT2D eigenvalue weighted by molar-refractivity contribution is -0.143. The first-order valence-electron chi connectivity index (χ1n) is 11.4. The molecule has 0 saturated carbocycles. The molecule has 1 amide bonds. The van der Waals surface area contributed by atoms with Gasteiger partial charge < -0.3 is 15.4 Å². The standard InChI is InChI=1S/C25H26F6N2O2.ClH/c1-32-22(34)19-14-23(16-5-3-2-4-6-16)21(8-7-20(19)33-23)35-10-9-15-11-17(24(26,27)28)13-18(12-15)25(29,30)31;/h2-6,11-13,19-21,33H,7-10,14H2,1H3,(H,32,34);1H/t19-,20+,21-,23-;/m0./s1. The van der Waals surface area contributed by atoms with Gasteiger partial charge in [0.1, 0.15) is 0 Å². The fourth-order valence-corrected chi connectivity index (χ4v) is 5.35. The van der Waals surface area contributed by atoms with Gasteiger partial charge in [-0.05, 0) is 55.0 Å². The van der Waals surface area contributed by atoms with E-state index in [4.69, 9.17) is 4.74 Å². The summed E-state index contributed by atoms with van der Waals surface area (Å²) in [5.74, 6) is -0.351. The minimum absolute atomic E-state index is 0. The number of halogens is 7. The van der Waals surface area contributed by atoms with Gasteiger partial charge in [-0.15, -0.1) is 12.4 Å². The first-order chi connectivity index (χ1) is 16.4. The molecule has 0 aromatic heterocycles. The Morgan fingerprint density at radius 1 is 1.03 bits per heavy atom. The molecule has 2 aromatic carbocycles. The fourth-order valence-electron chi connectivity index (χ4n) is 5.35. The number of carbonyl (C=O) groups is 1. The van der Waals surface area contributed by atoms with E-state index in [0.717, 1.165) is 17.7 Å². The van der Waals surface area contributed by atoms with Crippen molar-refractivity contribution in [3.8, 4) is 0 Å². The Morgan fingerprint density at radius 2 is 1.64 bits per heavy atom. The van der Waals surface area contributed by atoms with Crippen LogP contribution in [0.4, 0.5) is 26.3 Å². The molecule has 198 valence electrons. The molecule has 2 N–H and O–H groups in total. The lowest BCUT2D eigenvalue weighted by Gasteiger charge is -2.42. The summed E-state index contributed by atoms with van der Waals surface area (Å²) in [6, 6.07) is 11.0. The third-order valence-electron chi connectivity index (χ3n) is 6.99. The maximum absolute atomic E-state index is 13.2. The second-order valence-electron chi connectivity index (χ2n) is 9.11. The van der Waals surface area contributed by atoms with Crippen LogP contribution in [0.15, 0.2) is 48.5 Å². The van der Waals surface area contributed by atoms with Crippen LogP contribution < -0.4 is 10.6 Å². The van der Waals surface area contributed by atoms with Crippen molar-refractivity contribution in [3.05, 3.63) is 70.8 Å². The third-order valence-corrected chi connectivity index (χ3v) is 6.99. The molecule has 0 aliphatic carbocycles. The van der Waals surface area contributed by atoms with Gasteiger partial charge in [-0.25, -0.2) is 0 Å². The van der Waals surface area contributed by atoms with Gasteiger partial charge in [-0.1, -0.05) is 30.3 Å². The number of fused-ring (bicyclic) bond motifs is 2. The number of carbonyl (C=O) groups excluding carboxylic acids is 1. The summed E-state index contributed by atoms with van der Waals surface area (Å²) in [6.45, 7) is -0.0607. The van der Waals surface area contributed by atoms with E-state index in [0.29, 0.717) is 19.3 Å². The van der Waals surface area contributed by atoms with Crippen molar-refractivity contribution in [2.75, 3.05) is 13.7 Å². The summed E-state index contributed by atoms with van der Waals surface area (Å²) in [5.41, 5.74) is -2.52. The van der Waals surface area contributed by atoms with Gasteiger partial charge in [0.05, 0.1) is 35.3 Å². The zero-order chi connectivity index (χ0) is 25.4. The quantitative estimate of drug-likeness (QED) is 0.480. The molecule has 4 nitrogen and oxygen atoms in total. The molecule has 0 unspecified atom stereocenters. The first kappa shape index (κ1) is 28.3. The Balaban J connectivity index is 0.00000361. The molecule has 2 aromatic rings. The number of hydrogen-bond acceptors (Lipinski definition) is 3. The number of piperidine rings is 1. The van der Waals surface area contributed by atoms with Crippen LogP contribution >= 0.6 is 12.4 Å². The zero-order valence-electron chi connectivity index (χ0n) is 19.4. The summed E-state index contributed by atoms with van der Waals surface area (Å²) in [5, 5.41) is 6.26. The van der Waals surface area contributed by atoms with Crippen molar-refractivity contribution in [1.29, 1.82) is 0 Å². The lowest BCUT2D eigenvalue weighted by atomic mass is 9.80. The molecule has 2 saturated heterocycles. The highest BCUT2D eigenvalue weighted by Gasteiger charge is 2.55. The van der Waals surface area contributed by atoms with Crippen LogP contribution in [0.5, 0.6) is 0 Å². The molecule has 2 fully saturated rings. The third kappa shape index (κ3) is 5.65. The average molecular weight is 537 g/mol. The Kier molecular flexibility index (Phi) is 8.32. The predicted octanol–water partition coefficient (Wildman–Crippen LogP) is 5.49. The molecule has 0 spiro atoms. The number of hydrogen-bond donors (Lipinski definition) is 2. The van der Waals surface area contributed by atoms with Gasteiger partial charge in [0.25, 0.3) is 0 Å². The molecule has 2 aliphatic rings. The minimum Gasteiger partial charge on any atom is -0.376 e. The van der Waals surface area contributed by atoms with Gasteiger partial charge in [0, 0.05) is 13.1 Å². The average Bonchev–Trinajstić information content (AvgIpc) is 3.13. The van der Waals surface area contributed by atoms with E-state index < -0.39 is 35.1 Å². The molecule has 4 rings (SSSR count). The van der Waals surface area contributed by atoms with E-state index in [2.05, 4.69) is 10.6 Å². The van der Waals surface area contributed by atoms with E-state index in [1.165, 1.54) is 0 Å². The highest BCUT2D eigenvalue weighted by Crippen LogP contribution is 2.47. The van der Waals surface area contributed by atoms with Crippen LogP contribution in [0.1, 0.15) is 41.5 Å². The molecule has 2 bridgehead atoms. The van der Waals surface area contributed by atoms with E-state index >= 15 is 0 Å². The first-order valence-corrected chi connectivity index (χ1v) is 11.4. The number of ether oxygens (including phenoxy) is 1. The SMILES string of the molecule is CNC(=O)[C@H]1C[C@@]2(c3ccccc3)N[C@@H]1CC[C@@H]2OCCc1cc(C(F)(F)F)cc(C(F)(F)F)c1.Cl. The summed E-state index contributed by atoms with van der Waals surface area (Å²) in [4.78, 5) is 12.5. The predicted molar refractivity (Wildman–Crippen MR) is 124 cm³/mol. The summed E-state index contributed by atoms with van der Waals surface area (Å²) < 4.78 is 85.2. The minimum atomic E-state index is -4.89.